The van der Waals surface area contributed by atoms with Gasteiger partial charge in [0.15, 0.2) is 11.5 Å². The number of benzene rings is 3. The molecular weight excluding hydrogens is 600 g/mol. The zero-order chi connectivity index (χ0) is 33.6. The highest BCUT2D eigenvalue weighted by molar-refractivity contribution is 5.92. The summed E-state index contributed by atoms with van der Waals surface area (Å²) in [6.07, 6.45) is 11.4. The van der Waals surface area contributed by atoms with Crippen LogP contribution in [0.4, 0.5) is 16.2 Å². The van der Waals surface area contributed by atoms with Crippen molar-refractivity contribution in [2.75, 3.05) is 69.7 Å². The van der Waals surface area contributed by atoms with E-state index in [1.165, 1.54) is 42.5 Å². The van der Waals surface area contributed by atoms with E-state index in [0.29, 0.717) is 31.9 Å². The number of anilines is 2. The Morgan fingerprint density at radius 3 is 2.44 bits per heavy atom. The Balaban J connectivity index is 1.21. The maximum absolute atomic E-state index is 14.0. The second-order valence-electron chi connectivity index (χ2n) is 13.2. The Morgan fingerprint density at radius 1 is 0.854 bits per heavy atom. The number of carbonyl (C=O) groups excluding carboxylic acids is 1. The van der Waals surface area contributed by atoms with Crippen molar-refractivity contribution in [1.82, 2.24) is 9.80 Å². The fraction of sp³-hybridized carbons (Fsp3) is 0.525. The smallest absolute Gasteiger partial charge is 0.321 e. The van der Waals surface area contributed by atoms with Crippen molar-refractivity contribution in [1.29, 1.82) is 0 Å². The predicted octanol–water partition coefficient (Wildman–Crippen LogP) is 7.92. The summed E-state index contributed by atoms with van der Waals surface area (Å²) in [6.45, 7) is 9.18. The molecule has 1 heterocycles. The third kappa shape index (κ3) is 9.82. The number of phenolic OH excluding ortho intramolecular Hbond substituents is 1. The average Bonchev–Trinajstić information content (AvgIpc) is 3.13. The average molecular weight is 657 g/mol. The molecule has 3 aromatic carbocycles. The minimum absolute atomic E-state index is 0.104. The Labute approximate surface area is 288 Å². The first-order valence-electron chi connectivity index (χ1n) is 18.3. The molecule has 48 heavy (non-hydrogen) atoms. The third-order valence-corrected chi connectivity index (χ3v) is 9.87. The van der Waals surface area contributed by atoms with Crippen LogP contribution in [-0.4, -0.2) is 80.5 Å². The highest BCUT2D eigenvalue weighted by Gasteiger charge is 2.23. The zero-order valence-corrected chi connectivity index (χ0v) is 29.2. The lowest BCUT2D eigenvalue weighted by Crippen LogP contribution is -2.46. The van der Waals surface area contributed by atoms with Crippen LogP contribution in [-0.2, 0) is 19.3 Å². The number of phenols is 1. The SMILES string of the molecule is CCCCCCCN(CCc1cccc(OC)c1O)C(=O)Nc1c(OCCCN2CCN(c3ccccc3)CC2)ccc2c1CCCC2. The van der Waals surface area contributed by atoms with Crippen LogP contribution in [0, 0.1) is 0 Å². The Hall–Kier alpha value is -3.91. The summed E-state index contributed by atoms with van der Waals surface area (Å²) in [6, 6.07) is 20.4. The largest absolute Gasteiger partial charge is 0.504 e. The highest BCUT2D eigenvalue weighted by Crippen LogP contribution is 2.36. The first-order chi connectivity index (χ1) is 23.6. The minimum atomic E-state index is -0.104. The van der Waals surface area contributed by atoms with E-state index in [4.69, 9.17) is 9.47 Å². The fourth-order valence-electron chi connectivity index (χ4n) is 7.00. The highest BCUT2D eigenvalue weighted by atomic mass is 16.5. The summed E-state index contributed by atoms with van der Waals surface area (Å²) in [5.74, 6) is 1.37. The molecule has 0 spiro atoms. The van der Waals surface area contributed by atoms with Gasteiger partial charge in [-0.25, -0.2) is 4.79 Å². The number of nitrogens with one attached hydrogen (secondary N) is 1. The number of hydrogen-bond donors (Lipinski definition) is 2. The van der Waals surface area contributed by atoms with E-state index in [-0.39, 0.29) is 11.8 Å². The number of urea groups is 1. The number of rotatable bonds is 17. The van der Waals surface area contributed by atoms with E-state index in [2.05, 4.69) is 64.5 Å². The Morgan fingerprint density at radius 2 is 1.65 bits per heavy atom. The number of aromatic hydroxyl groups is 1. The van der Waals surface area contributed by atoms with Gasteiger partial charge in [-0.15, -0.1) is 0 Å². The number of nitrogens with zero attached hydrogens (tertiary/aromatic N) is 3. The molecule has 3 aromatic rings. The maximum Gasteiger partial charge on any atom is 0.321 e. The minimum Gasteiger partial charge on any atom is -0.504 e. The zero-order valence-electron chi connectivity index (χ0n) is 29.2. The summed E-state index contributed by atoms with van der Waals surface area (Å²) >= 11 is 0. The van der Waals surface area contributed by atoms with E-state index in [1.807, 2.05) is 17.0 Å². The molecule has 260 valence electrons. The molecule has 1 aliphatic carbocycles. The summed E-state index contributed by atoms with van der Waals surface area (Å²) in [5.41, 5.74) is 5.45. The number of piperazine rings is 1. The number of methoxy groups -OCH3 is 1. The van der Waals surface area contributed by atoms with E-state index in [1.54, 1.807) is 13.2 Å². The van der Waals surface area contributed by atoms with Crippen molar-refractivity contribution in [3.8, 4) is 17.2 Å². The van der Waals surface area contributed by atoms with E-state index >= 15 is 0 Å². The van der Waals surface area contributed by atoms with Crippen molar-refractivity contribution in [3.05, 3.63) is 77.4 Å². The molecular formula is C40H56N4O4. The van der Waals surface area contributed by atoms with Gasteiger partial charge >= 0.3 is 6.03 Å². The number of aryl methyl sites for hydroxylation is 1. The molecule has 2 amide bonds. The third-order valence-electron chi connectivity index (χ3n) is 9.87. The van der Waals surface area contributed by atoms with Gasteiger partial charge in [0.25, 0.3) is 0 Å². The van der Waals surface area contributed by atoms with Gasteiger partial charge in [0.05, 0.1) is 19.4 Å². The molecule has 1 fully saturated rings. The number of para-hydroxylation sites is 2. The Bertz CT molecular complexity index is 1420. The van der Waals surface area contributed by atoms with Crippen LogP contribution in [0.1, 0.15) is 75.0 Å². The number of ether oxygens (including phenoxy) is 2. The molecule has 2 aliphatic rings. The van der Waals surface area contributed by atoms with E-state index in [9.17, 15) is 9.90 Å². The quantitative estimate of drug-likeness (QED) is 0.144. The van der Waals surface area contributed by atoms with Crippen LogP contribution in [0.25, 0.3) is 0 Å². The Kier molecular flexibility index (Phi) is 13.7. The molecule has 0 atom stereocenters. The monoisotopic (exact) mass is 656 g/mol. The normalized spacial score (nSPS) is 14.8. The van der Waals surface area contributed by atoms with Crippen molar-refractivity contribution in [2.45, 2.75) is 77.6 Å². The lowest BCUT2D eigenvalue weighted by atomic mass is 9.90. The number of amides is 2. The molecule has 0 bridgehead atoms. The van der Waals surface area contributed by atoms with Crippen LogP contribution in [0.15, 0.2) is 60.7 Å². The van der Waals surface area contributed by atoms with Gasteiger partial charge in [-0.1, -0.05) is 69.0 Å². The van der Waals surface area contributed by atoms with E-state index in [0.717, 1.165) is 88.2 Å². The first-order valence-corrected chi connectivity index (χ1v) is 18.3. The number of unbranched alkanes of at least 4 members (excludes halogenated alkanes) is 4. The predicted molar refractivity (Wildman–Crippen MR) is 196 cm³/mol. The van der Waals surface area contributed by atoms with Crippen molar-refractivity contribution >= 4 is 17.4 Å². The molecule has 0 aromatic heterocycles. The number of fused-ring (bicyclic) bond motifs is 1. The van der Waals surface area contributed by atoms with Gasteiger partial charge in [0.1, 0.15) is 5.75 Å². The second-order valence-corrected chi connectivity index (χ2v) is 13.2. The molecule has 0 saturated carbocycles. The number of carbonyl (C=O) groups is 1. The van der Waals surface area contributed by atoms with Crippen molar-refractivity contribution in [2.24, 2.45) is 0 Å². The molecule has 5 rings (SSSR count). The molecule has 2 N–H and O–H groups in total. The van der Waals surface area contributed by atoms with Crippen LogP contribution >= 0.6 is 0 Å². The summed E-state index contributed by atoms with van der Waals surface area (Å²) < 4.78 is 11.8. The molecule has 0 radical (unpaired) electrons. The topological polar surface area (TPSA) is 77.5 Å². The van der Waals surface area contributed by atoms with Crippen LogP contribution < -0.4 is 19.7 Å². The second kappa shape index (κ2) is 18.6. The van der Waals surface area contributed by atoms with Crippen LogP contribution in [0.2, 0.25) is 0 Å². The van der Waals surface area contributed by atoms with Gasteiger partial charge in [-0.2, -0.15) is 0 Å². The maximum atomic E-state index is 14.0. The molecule has 1 aliphatic heterocycles. The molecule has 1 saturated heterocycles. The lowest BCUT2D eigenvalue weighted by molar-refractivity contribution is 0.210. The fourth-order valence-corrected chi connectivity index (χ4v) is 7.00. The molecule has 8 nitrogen and oxygen atoms in total. The first kappa shape index (κ1) is 35.4. The number of hydrogen-bond acceptors (Lipinski definition) is 6. The standard InChI is InChI=1S/C40H56N4O4/c1-3-4-5-6-12-25-44(26-23-33-16-13-20-37(47-2)39(33)45)40(46)41-38-35-19-11-10-15-32(35)21-22-36(38)48-31-14-24-42-27-29-43(30-28-42)34-17-8-7-9-18-34/h7-9,13,16-18,20-22,45H,3-6,10-12,14-15,19,23-31H2,1-2H3,(H,41,46). The summed E-state index contributed by atoms with van der Waals surface area (Å²) in [5, 5.41) is 14.0. The van der Waals surface area contributed by atoms with Gasteiger partial charge in [0.2, 0.25) is 0 Å². The van der Waals surface area contributed by atoms with Gasteiger partial charge in [-0.05, 0) is 85.9 Å². The summed E-state index contributed by atoms with van der Waals surface area (Å²) in [4.78, 5) is 20.9. The van der Waals surface area contributed by atoms with Crippen LogP contribution in [0.3, 0.4) is 0 Å². The van der Waals surface area contributed by atoms with Gasteiger partial charge in [-0.3, -0.25) is 4.90 Å². The van der Waals surface area contributed by atoms with Gasteiger partial charge < -0.3 is 29.7 Å². The summed E-state index contributed by atoms with van der Waals surface area (Å²) in [7, 11) is 1.56. The molecule has 0 unspecified atom stereocenters. The van der Waals surface area contributed by atoms with Crippen molar-refractivity contribution < 1.29 is 19.4 Å². The van der Waals surface area contributed by atoms with Crippen molar-refractivity contribution in [3.63, 3.8) is 0 Å². The molecule has 8 heteroatoms. The van der Waals surface area contributed by atoms with E-state index < -0.39 is 0 Å². The van der Waals surface area contributed by atoms with Crippen LogP contribution in [0.5, 0.6) is 17.2 Å². The van der Waals surface area contributed by atoms with Gasteiger partial charge in [0, 0.05) is 51.5 Å². The lowest BCUT2D eigenvalue weighted by Gasteiger charge is -2.36.